The van der Waals surface area contributed by atoms with Crippen LogP contribution in [0.25, 0.3) is 10.9 Å². The summed E-state index contributed by atoms with van der Waals surface area (Å²) in [6, 6.07) is 18.3. The molecule has 3 N–H and O–H groups in total. The molecule has 6 nitrogen and oxygen atoms in total. The van der Waals surface area contributed by atoms with E-state index in [-0.39, 0.29) is 17.7 Å². The SMILES string of the molecule is O=c1cc(C(F)(F)F)c2cc(Cc3ccccc3NC(=S)NCc3ccc4c(c3)OCO4)ccc2[nH]1. The molecule has 0 radical (unpaired) electrons. The van der Waals surface area contributed by atoms with E-state index in [2.05, 4.69) is 15.6 Å². The van der Waals surface area contributed by atoms with Gasteiger partial charge in [0, 0.05) is 29.2 Å². The van der Waals surface area contributed by atoms with Crippen LogP contribution in [0.2, 0.25) is 0 Å². The standard InChI is InChI=1S/C26H20F3N3O3S/c27-26(28,29)19-12-24(33)31-21-7-5-15(10-18(19)21)9-17-3-1-2-4-20(17)32-25(36)30-13-16-6-8-22-23(11-16)35-14-34-22/h1-8,10-12H,9,13-14H2,(H,31,33)(H2,30,32,36). The molecule has 0 amide bonds. The predicted molar refractivity (Wildman–Crippen MR) is 134 cm³/mol. The largest absolute Gasteiger partial charge is 0.454 e. The van der Waals surface area contributed by atoms with Gasteiger partial charge in [-0.3, -0.25) is 4.79 Å². The molecule has 4 aromatic rings. The van der Waals surface area contributed by atoms with Gasteiger partial charge in [0.15, 0.2) is 16.6 Å². The van der Waals surface area contributed by atoms with Crippen LogP contribution >= 0.6 is 12.2 Å². The first-order valence-corrected chi connectivity index (χ1v) is 11.4. The quantitative estimate of drug-likeness (QED) is 0.314. The third-order valence-electron chi connectivity index (χ3n) is 5.76. The van der Waals surface area contributed by atoms with Gasteiger partial charge >= 0.3 is 6.18 Å². The summed E-state index contributed by atoms with van der Waals surface area (Å²) in [5, 5.41) is 6.67. The first-order valence-electron chi connectivity index (χ1n) is 11.0. The van der Waals surface area contributed by atoms with Crippen molar-refractivity contribution in [2.24, 2.45) is 0 Å². The highest BCUT2D eigenvalue weighted by Crippen LogP contribution is 2.34. The smallest absolute Gasteiger partial charge is 0.417 e. The van der Waals surface area contributed by atoms with Crippen LogP contribution in [-0.2, 0) is 19.1 Å². The monoisotopic (exact) mass is 511 g/mol. The number of halogens is 3. The molecule has 10 heteroatoms. The van der Waals surface area contributed by atoms with Gasteiger partial charge in [-0.1, -0.05) is 30.3 Å². The second-order valence-corrected chi connectivity index (χ2v) is 8.66. The molecule has 0 bridgehead atoms. The van der Waals surface area contributed by atoms with Crippen molar-refractivity contribution in [2.75, 3.05) is 12.1 Å². The zero-order valence-electron chi connectivity index (χ0n) is 18.7. The van der Waals surface area contributed by atoms with Crippen molar-refractivity contribution < 1.29 is 22.6 Å². The molecule has 1 aromatic heterocycles. The Morgan fingerprint density at radius 1 is 0.972 bits per heavy atom. The number of pyridine rings is 1. The molecule has 0 atom stereocenters. The van der Waals surface area contributed by atoms with E-state index in [1.807, 2.05) is 42.5 Å². The fourth-order valence-corrected chi connectivity index (χ4v) is 4.24. The van der Waals surface area contributed by atoms with Crippen LogP contribution in [0.4, 0.5) is 18.9 Å². The Bertz CT molecular complexity index is 1520. The summed E-state index contributed by atoms with van der Waals surface area (Å²) in [5.41, 5.74) is 1.60. The number of benzene rings is 3. The minimum Gasteiger partial charge on any atom is -0.454 e. The predicted octanol–water partition coefficient (Wildman–Crippen LogP) is 5.35. The van der Waals surface area contributed by atoms with Crippen LogP contribution in [-0.4, -0.2) is 16.9 Å². The number of aromatic nitrogens is 1. The van der Waals surface area contributed by atoms with Crippen molar-refractivity contribution in [3.8, 4) is 11.5 Å². The van der Waals surface area contributed by atoms with Gasteiger partial charge in [-0.25, -0.2) is 0 Å². The molecule has 1 aliphatic rings. The van der Waals surface area contributed by atoms with Crippen molar-refractivity contribution in [1.29, 1.82) is 0 Å². The molecule has 36 heavy (non-hydrogen) atoms. The summed E-state index contributed by atoms with van der Waals surface area (Å²) in [5.74, 6) is 1.39. The topological polar surface area (TPSA) is 75.4 Å². The number of para-hydroxylation sites is 1. The first-order chi connectivity index (χ1) is 17.3. The van der Waals surface area contributed by atoms with Gasteiger partial charge in [-0.2, -0.15) is 13.2 Å². The number of fused-ring (bicyclic) bond motifs is 2. The maximum atomic E-state index is 13.5. The summed E-state index contributed by atoms with van der Waals surface area (Å²) in [6.45, 7) is 0.670. The number of nitrogens with one attached hydrogen (secondary N) is 3. The van der Waals surface area contributed by atoms with Gasteiger partial charge in [0.05, 0.1) is 5.56 Å². The molecular weight excluding hydrogens is 491 g/mol. The molecule has 3 aromatic carbocycles. The molecule has 5 rings (SSSR count). The zero-order chi connectivity index (χ0) is 25.3. The van der Waals surface area contributed by atoms with Crippen LogP contribution < -0.4 is 25.7 Å². The van der Waals surface area contributed by atoms with Gasteiger partial charge in [0.2, 0.25) is 12.4 Å². The van der Waals surface area contributed by atoms with Gasteiger partial charge in [0.25, 0.3) is 0 Å². The zero-order valence-corrected chi connectivity index (χ0v) is 19.6. The minimum atomic E-state index is -4.64. The molecule has 0 spiro atoms. The first kappa shape index (κ1) is 23.7. The number of hydrogen-bond acceptors (Lipinski definition) is 4. The fourth-order valence-electron chi connectivity index (χ4n) is 4.06. The van der Waals surface area contributed by atoms with E-state index < -0.39 is 17.3 Å². The number of ether oxygens (including phenoxy) is 2. The highest BCUT2D eigenvalue weighted by atomic mass is 32.1. The summed E-state index contributed by atoms with van der Waals surface area (Å²) in [4.78, 5) is 14.1. The maximum absolute atomic E-state index is 13.5. The van der Waals surface area contributed by atoms with E-state index in [0.717, 1.165) is 16.8 Å². The van der Waals surface area contributed by atoms with Crippen LogP contribution in [0.1, 0.15) is 22.3 Å². The molecule has 0 fully saturated rings. The third kappa shape index (κ3) is 5.13. The molecule has 1 aliphatic heterocycles. The Morgan fingerprint density at radius 2 is 1.75 bits per heavy atom. The van der Waals surface area contributed by atoms with E-state index in [4.69, 9.17) is 21.7 Å². The summed E-state index contributed by atoms with van der Waals surface area (Å²) < 4.78 is 51.3. The minimum absolute atomic E-state index is 0.0500. The van der Waals surface area contributed by atoms with E-state index in [9.17, 15) is 18.0 Å². The Balaban J connectivity index is 1.32. The normalized spacial score (nSPS) is 12.5. The van der Waals surface area contributed by atoms with E-state index in [1.165, 1.54) is 12.1 Å². The van der Waals surface area contributed by atoms with Crippen LogP contribution in [0.5, 0.6) is 11.5 Å². The number of H-pyrrole nitrogens is 1. The van der Waals surface area contributed by atoms with Crippen LogP contribution in [0, 0.1) is 0 Å². The van der Waals surface area contributed by atoms with Gasteiger partial charge < -0.3 is 25.1 Å². The van der Waals surface area contributed by atoms with Crippen molar-refractivity contribution in [3.05, 3.63) is 99.3 Å². The average Bonchev–Trinajstić information content (AvgIpc) is 3.31. The lowest BCUT2D eigenvalue weighted by molar-refractivity contribution is -0.136. The molecule has 0 unspecified atom stereocenters. The van der Waals surface area contributed by atoms with Crippen LogP contribution in [0.3, 0.4) is 0 Å². The van der Waals surface area contributed by atoms with E-state index in [0.29, 0.717) is 41.2 Å². The van der Waals surface area contributed by atoms with Crippen molar-refractivity contribution in [2.45, 2.75) is 19.1 Å². The average molecular weight is 512 g/mol. The number of thiocarbonyl (C=S) groups is 1. The Morgan fingerprint density at radius 3 is 2.58 bits per heavy atom. The summed E-state index contributed by atoms with van der Waals surface area (Å²) in [6.07, 6.45) is -4.28. The fraction of sp³-hybridized carbons (Fsp3) is 0.154. The second-order valence-electron chi connectivity index (χ2n) is 8.25. The lowest BCUT2D eigenvalue weighted by Gasteiger charge is -2.15. The summed E-state index contributed by atoms with van der Waals surface area (Å²) in [7, 11) is 0. The highest BCUT2D eigenvalue weighted by molar-refractivity contribution is 7.80. The van der Waals surface area contributed by atoms with Gasteiger partial charge in [-0.05, 0) is 65.7 Å². The van der Waals surface area contributed by atoms with Crippen molar-refractivity contribution in [1.82, 2.24) is 10.3 Å². The Kier molecular flexibility index (Phi) is 6.27. The molecular formula is C26H20F3N3O3S. The number of aromatic amines is 1. The molecule has 2 heterocycles. The van der Waals surface area contributed by atoms with Gasteiger partial charge in [-0.15, -0.1) is 0 Å². The third-order valence-corrected chi connectivity index (χ3v) is 6.01. The second kappa shape index (κ2) is 9.54. The van der Waals surface area contributed by atoms with E-state index in [1.54, 1.807) is 6.07 Å². The number of rotatable bonds is 5. The Hall–Kier alpha value is -4.05. The molecule has 0 saturated carbocycles. The lowest BCUT2D eigenvalue weighted by Crippen LogP contribution is -2.28. The molecule has 0 aliphatic carbocycles. The highest BCUT2D eigenvalue weighted by Gasteiger charge is 2.33. The summed E-state index contributed by atoms with van der Waals surface area (Å²) >= 11 is 5.46. The molecule has 184 valence electrons. The number of alkyl halides is 3. The number of hydrogen-bond donors (Lipinski definition) is 3. The van der Waals surface area contributed by atoms with E-state index >= 15 is 0 Å². The Labute approximate surface area is 209 Å². The molecule has 0 saturated heterocycles. The van der Waals surface area contributed by atoms with Gasteiger partial charge in [0.1, 0.15) is 0 Å². The van der Waals surface area contributed by atoms with Crippen molar-refractivity contribution >= 4 is 33.9 Å². The lowest BCUT2D eigenvalue weighted by atomic mass is 9.99. The maximum Gasteiger partial charge on any atom is 0.417 e. The van der Waals surface area contributed by atoms with Crippen LogP contribution in [0.15, 0.2) is 71.5 Å². The van der Waals surface area contributed by atoms with Crippen molar-refractivity contribution in [3.63, 3.8) is 0 Å². The number of anilines is 1.